The number of carbonyl (C=O) groups is 2. The third-order valence-corrected chi connectivity index (χ3v) is 5.28. The van der Waals surface area contributed by atoms with Crippen molar-refractivity contribution >= 4 is 11.8 Å². The van der Waals surface area contributed by atoms with Gasteiger partial charge in [0.05, 0.1) is 12.0 Å². The van der Waals surface area contributed by atoms with Crippen LogP contribution in [0.25, 0.3) is 0 Å². The quantitative estimate of drug-likeness (QED) is 0.777. The number of ketones is 1. The molecule has 1 aliphatic carbocycles. The Kier molecular flexibility index (Phi) is 4.11. The lowest BCUT2D eigenvalue weighted by Crippen LogP contribution is -2.60. The summed E-state index contributed by atoms with van der Waals surface area (Å²) in [5.41, 5.74) is -3.08. The van der Waals surface area contributed by atoms with Gasteiger partial charge >= 0.3 is 5.97 Å². The van der Waals surface area contributed by atoms with Crippen LogP contribution in [0.2, 0.25) is 0 Å². The number of fused-ring (bicyclic) bond motifs is 2. The highest BCUT2D eigenvalue weighted by molar-refractivity contribution is 5.83. The van der Waals surface area contributed by atoms with Gasteiger partial charge in [0.15, 0.2) is 0 Å². The summed E-state index contributed by atoms with van der Waals surface area (Å²) in [5, 5.41) is 20.4. The number of aliphatic hydroxyl groups is 1. The Bertz CT molecular complexity index is 579. The number of carbonyl (C=O) groups excluding carboxylic acids is 1. The minimum absolute atomic E-state index is 0.102. The standard InChI is InChI=1S/C18H26O5/c1-12(8-15(2,3)14(20)21)6-7-18(22)16(4)9-13(19)10-17(18,5)23-11-16/h6-8,22H,9-11H2,1-5H3,(H,20,21)/b7-6+,12-8+/t16-,17-,18-/m0/s1. The van der Waals surface area contributed by atoms with E-state index < -0.39 is 28.0 Å². The largest absolute Gasteiger partial charge is 0.481 e. The Morgan fingerprint density at radius 1 is 1.30 bits per heavy atom. The lowest BCUT2D eigenvalue weighted by atomic mass is 9.59. The van der Waals surface area contributed by atoms with Crippen LogP contribution in [0.5, 0.6) is 0 Å². The monoisotopic (exact) mass is 322 g/mol. The molecule has 0 aromatic carbocycles. The maximum absolute atomic E-state index is 11.9. The molecule has 2 N–H and O–H groups in total. The lowest BCUT2D eigenvalue weighted by Gasteiger charge is -2.47. The first-order valence-electron chi connectivity index (χ1n) is 7.85. The summed E-state index contributed by atoms with van der Waals surface area (Å²) >= 11 is 0. The molecule has 5 heteroatoms. The molecule has 23 heavy (non-hydrogen) atoms. The summed E-state index contributed by atoms with van der Waals surface area (Å²) < 4.78 is 5.79. The van der Waals surface area contributed by atoms with Gasteiger partial charge in [-0.2, -0.15) is 0 Å². The van der Waals surface area contributed by atoms with E-state index in [9.17, 15) is 19.8 Å². The molecule has 5 nitrogen and oxygen atoms in total. The SMILES string of the molecule is CC(/C=C/[C@]1(O)[C@]2(C)CO[C@@]1(C)CC(=O)C2)=C\C(C)(C)C(=O)O. The molecule has 3 atom stereocenters. The molecule has 2 rings (SSSR count). The van der Waals surface area contributed by atoms with E-state index in [1.165, 1.54) is 0 Å². The number of rotatable bonds is 4. The van der Waals surface area contributed by atoms with E-state index in [-0.39, 0.29) is 18.6 Å². The average Bonchev–Trinajstić information content (AvgIpc) is 2.51. The average molecular weight is 322 g/mol. The molecule has 0 radical (unpaired) electrons. The van der Waals surface area contributed by atoms with E-state index in [0.29, 0.717) is 6.61 Å². The minimum Gasteiger partial charge on any atom is -0.481 e. The maximum Gasteiger partial charge on any atom is 0.312 e. The van der Waals surface area contributed by atoms with Gasteiger partial charge in [0.2, 0.25) is 0 Å². The van der Waals surface area contributed by atoms with Gasteiger partial charge in [-0.3, -0.25) is 9.59 Å². The fourth-order valence-electron chi connectivity index (χ4n) is 3.73. The third-order valence-electron chi connectivity index (χ3n) is 5.28. The first-order chi connectivity index (χ1) is 10.4. The predicted molar refractivity (Wildman–Crippen MR) is 86.0 cm³/mol. The summed E-state index contributed by atoms with van der Waals surface area (Å²) in [6.45, 7) is 9.00. The van der Waals surface area contributed by atoms with Crippen molar-refractivity contribution in [2.24, 2.45) is 10.8 Å². The second-order valence-electron chi connectivity index (χ2n) is 7.99. The third kappa shape index (κ3) is 2.76. The van der Waals surface area contributed by atoms with Crippen molar-refractivity contribution in [1.29, 1.82) is 0 Å². The highest BCUT2D eigenvalue weighted by atomic mass is 16.5. The van der Waals surface area contributed by atoms with Crippen molar-refractivity contribution < 1.29 is 24.5 Å². The number of hydrogen-bond acceptors (Lipinski definition) is 4. The molecule has 0 aromatic rings. The number of aliphatic carboxylic acids is 1. The van der Waals surface area contributed by atoms with E-state index in [1.807, 2.05) is 6.92 Å². The molecule has 1 saturated carbocycles. The van der Waals surface area contributed by atoms with Crippen LogP contribution >= 0.6 is 0 Å². The van der Waals surface area contributed by atoms with Crippen molar-refractivity contribution in [2.75, 3.05) is 6.61 Å². The van der Waals surface area contributed by atoms with Crippen molar-refractivity contribution in [3.8, 4) is 0 Å². The normalized spacial score (nSPS) is 38.3. The fraction of sp³-hybridized carbons (Fsp3) is 0.667. The van der Waals surface area contributed by atoms with E-state index in [0.717, 1.165) is 5.57 Å². The summed E-state index contributed by atoms with van der Waals surface area (Å²) in [7, 11) is 0. The smallest absolute Gasteiger partial charge is 0.312 e. The number of carboxylic acid groups (broad SMARTS) is 1. The minimum atomic E-state index is -1.25. The summed E-state index contributed by atoms with van der Waals surface area (Å²) in [6, 6.07) is 0. The van der Waals surface area contributed by atoms with Crippen molar-refractivity contribution in [1.82, 2.24) is 0 Å². The second kappa shape index (κ2) is 5.28. The van der Waals surface area contributed by atoms with E-state index in [1.54, 1.807) is 45.9 Å². The second-order valence-corrected chi connectivity index (χ2v) is 7.99. The van der Waals surface area contributed by atoms with Gasteiger partial charge in [-0.1, -0.05) is 24.6 Å². The number of allylic oxidation sites excluding steroid dienone is 2. The molecule has 2 aliphatic rings. The lowest BCUT2D eigenvalue weighted by molar-refractivity contribution is -0.151. The van der Waals surface area contributed by atoms with Crippen LogP contribution in [0, 0.1) is 10.8 Å². The molecular formula is C18H26O5. The highest BCUT2D eigenvalue weighted by Crippen LogP contribution is 2.56. The number of ether oxygens (including phenoxy) is 1. The fourth-order valence-corrected chi connectivity index (χ4v) is 3.73. The first kappa shape index (κ1) is 17.9. The summed E-state index contributed by atoms with van der Waals surface area (Å²) in [5.74, 6) is -0.806. The predicted octanol–water partition coefficient (Wildman–Crippen LogP) is 2.49. The van der Waals surface area contributed by atoms with Crippen LogP contribution in [-0.4, -0.2) is 39.8 Å². The highest BCUT2D eigenvalue weighted by Gasteiger charge is 2.67. The van der Waals surface area contributed by atoms with Gasteiger partial charge in [-0.25, -0.2) is 0 Å². The van der Waals surface area contributed by atoms with E-state index >= 15 is 0 Å². The number of carboxylic acids is 1. The van der Waals surface area contributed by atoms with Gasteiger partial charge in [-0.05, 0) is 33.8 Å². The molecule has 1 saturated heterocycles. The van der Waals surface area contributed by atoms with Crippen LogP contribution in [0.15, 0.2) is 23.8 Å². The molecule has 1 heterocycles. The summed E-state index contributed by atoms with van der Waals surface area (Å²) in [6.07, 6.45) is 5.53. The molecule has 0 amide bonds. The molecule has 2 bridgehead atoms. The molecule has 0 unspecified atom stereocenters. The van der Waals surface area contributed by atoms with Gasteiger partial charge in [0.25, 0.3) is 0 Å². The van der Waals surface area contributed by atoms with E-state index in [4.69, 9.17) is 4.74 Å². The number of hydrogen-bond donors (Lipinski definition) is 2. The van der Waals surface area contributed by atoms with Gasteiger partial charge in [0, 0.05) is 18.3 Å². The molecular weight excluding hydrogens is 296 g/mol. The van der Waals surface area contributed by atoms with Crippen LogP contribution in [0.1, 0.15) is 47.5 Å². The van der Waals surface area contributed by atoms with Gasteiger partial charge in [-0.15, -0.1) is 0 Å². The van der Waals surface area contributed by atoms with Crippen LogP contribution in [-0.2, 0) is 14.3 Å². The van der Waals surface area contributed by atoms with Crippen LogP contribution in [0.3, 0.4) is 0 Å². The molecule has 0 aromatic heterocycles. The first-order valence-corrected chi connectivity index (χ1v) is 7.85. The molecule has 1 aliphatic heterocycles. The number of Topliss-reactive ketones (excluding diaryl/α,β-unsaturated/α-hetero) is 1. The van der Waals surface area contributed by atoms with Crippen molar-refractivity contribution in [3.63, 3.8) is 0 Å². The van der Waals surface area contributed by atoms with Gasteiger partial charge < -0.3 is 14.9 Å². The van der Waals surface area contributed by atoms with Crippen LogP contribution in [0.4, 0.5) is 0 Å². The van der Waals surface area contributed by atoms with Crippen LogP contribution < -0.4 is 0 Å². The topological polar surface area (TPSA) is 83.8 Å². The zero-order valence-corrected chi connectivity index (χ0v) is 14.5. The van der Waals surface area contributed by atoms with E-state index in [2.05, 4.69) is 0 Å². The van der Waals surface area contributed by atoms with Crippen molar-refractivity contribution in [2.45, 2.75) is 58.7 Å². The Hall–Kier alpha value is -1.46. The molecule has 2 fully saturated rings. The Labute approximate surface area is 137 Å². The summed E-state index contributed by atoms with van der Waals surface area (Å²) in [4.78, 5) is 23.1. The Morgan fingerprint density at radius 2 is 1.91 bits per heavy atom. The molecule has 128 valence electrons. The zero-order valence-electron chi connectivity index (χ0n) is 14.5. The zero-order chi connectivity index (χ0) is 17.7. The Morgan fingerprint density at radius 3 is 2.43 bits per heavy atom. The maximum atomic E-state index is 11.9. The van der Waals surface area contributed by atoms with Crippen molar-refractivity contribution in [3.05, 3.63) is 23.8 Å². The Balaban J connectivity index is 2.33. The van der Waals surface area contributed by atoms with Gasteiger partial charge in [0.1, 0.15) is 17.0 Å². The molecule has 0 spiro atoms.